The lowest BCUT2D eigenvalue weighted by Gasteiger charge is -2.37. The normalized spacial score (nSPS) is 20.1. The summed E-state index contributed by atoms with van der Waals surface area (Å²) >= 11 is 0. The highest BCUT2D eigenvalue weighted by Crippen LogP contribution is 2.34. The zero-order valence-electron chi connectivity index (χ0n) is 16.4. The third kappa shape index (κ3) is 5.72. The lowest BCUT2D eigenvalue weighted by molar-refractivity contribution is -0.384. The van der Waals surface area contributed by atoms with Crippen molar-refractivity contribution >= 4 is 17.5 Å². The summed E-state index contributed by atoms with van der Waals surface area (Å²) in [6, 6.07) is 4.61. The third-order valence-corrected chi connectivity index (χ3v) is 3.91. The number of ether oxygens (including phenoxy) is 3. The van der Waals surface area contributed by atoms with Crippen LogP contribution in [0.25, 0.3) is 0 Å². The van der Waals surface area contributed by atoms with E-state index in [-0.39, 0.29) is 30.1 Å². The molecule has 150 valence electrons. The van der Waals surface area contributed by atoms with Gasteiger partial charge in [-0.2, -0.15) is 0 Å². The number of nitro benzene ring substituents is 1. The number of amides is 1. The minimum Gasteiger partial charge on any atom is -0.494 e. The van der Waals surface area contributed by atoms with Gasteiger partial charge in [0.1, 0.15) is 11.4 Å². The van der Waals surface area contributed by atoms with Crippen molar-refractivity contribution in [1.29, 1.82) is 0 Å². The van der Waals surface area contributed by atoms with E-state index in [9.17, 15) is 14.9 Å². The van der Waals surface area contributed by atoms with Gasteiger partial charge in [0.15, 0.2) is 5.69 Å². The van der Waals surface area contributed by atoms with Crippen molar-refractivity contribution in [2.24, 2.45) is 0 Å². The van der Waals surface area contributed by atoms with E-state index in [0.29, 0.717) is 18.8 Å². The van der Waals surface area contributed by atoms with E-state index in [1.807, 2.05) is 27.7 Å². The summed E-state index contributed by atoms with van der Waals surface area (Å²) < 4.78 is 16.5. The lowest BCUT2D eigenvalue weighted by Crippen LogP contribution is -2.52. The summed E-state index contributed by atoms with van der Waals surface area (Å²) in [6.45, 7) is 8.35. The van der Waals surface area contributed by atoms with Crippen LogP contribution in [0.1, 0.15) is 27.7 Å². The highest BCUT2D eigenvalue weighted by atomic mass is 16.6. The summed E-state index contributed by atoms with van der Waals surface area (Å²) in [6.07, 6.45) is -0.914. The van der Waals surface area contributed by atoms with Gasteiger partial charge in [-0.15, -0.1) is 0 Å². The number of rotatable bonds is 5. The maximum atomic E-state index is 12.3. The maximum Gasteiger partial charge on any atom is 0.410 e. The molecule has 1 saturated heterocycles. The van der Waals surface area contributed by atoms with Crippen molar-refractivity contribution in [3.05, 3.63) is 28.3 Å². The molecule has 1 aliphatic heterocycles. The highest BCUT2D eigenvalue weighted by Gasteiger charge is 2.31. The average Bonchev–Trinajstić information content (AvgIpc) is 2.57. The first kappa shape index (κ1) is 20.8. The van der Waals surface area contributed by atoms with Crippen molar-refractivity contribution in [2.75, 3.05) is 32.1 Å². The molecule has 0 saturated carbocycles. The predicted molar refractivity (Wildman–Crippen MR) is 100 cm³/mol. The van der Waals surface area contributed by atoms with Crippen LogP contribution in [0, 0.1) is 10.1 Å². The van der Waals surface area contributed by atoms with Crippen LogP contribution in [0.4, 0.5) is 16.2 Å². The number of methoxy groups -OCH3 is 1. The van der Waals surface area contributed by atoms with Crippen LogP contribution in [0.2, 0.25) is 0 Å². The van der Waals surface area contributed by atoms with Crippen molar-refractivity contribution < 1.29 is 23.9 Å². The zero-order valence-corrected chi connectivity index (χ0v) is 16.4. The highest BCUT2D eigenvalue weighted by molar-refractivity contribution is 5.70. The number of hydrogen-bond acceptors (Lipinski definition) is 7. The molecule has 9 heteroatoms. The molecular weight excluding hydrogens is 354 g/mol. The van der Waals surface area contributed by atoms with E-state index in [0.717, 1.165) is 0 Å². The molecule has 0 radical (unpaired) electrons. The molecule has 1 amide bonds. The fraction of sp³-hybridized carbons (Fsp3) is 0.611. The lowest BCUT2D eigenvalue weighted by atomic mass is 10.2. The molecule has 0 spiro atoms. The second kappa shape index (κ2) is 8.43. The molecule has 2 rings (SSSR count). The summed E-state index contributed by atoms with van der Waals surface area (Å²) in [4.78, 5) is 24.7. The van der Waals surface area contributed by atoms with E-state index in [1.165, 1.54) is 13.2 Å². The number of carbonyl (C=O) groups excluding carboxylic acids is 1. The number of nitro groups is 1. The number of para-hydroxylation sites is 1. The zero-order chi connectivity index (χ0) is 20.2. The molecule has 0 aromatic heterocycles. The number of nitrogens with one attached hydrogen (secondary N) is 1. The second-order valence-corrected chi connectivity index (χ2v) is 7.45. The van der Waals surface area contributed by atoms with Gasteiger partial charge in [-0.3, -0.25) is 10.1 Å². The largest absolute Gasteiger partial charge is 0.494 e. The molecule has 0 unspecified atom stereocenters. The molecule has 0 bridgehead atoms. The maximum absolute atomic E-state index is 12.3. The fourth-order valence-corrected chi connectivity index (χ4v) is 2.87. The molecule has 2 atom stereocenters. The summed E-state index contributed by atoms with van der Waals surface area (Å²) in [5.74, 6) is 0.372. The Morgan fingerprint density at radius 3 is 2.70 bits per heavy atom. The first-order valence-corrected chi connectivity index (χ1v) is 8.79. The molecule has 27 heavy (non-hydrogen) atoms. The van der Waals surface area contributed by atoms with Gasteiger partial charge in [-0.05, 0) is 33.8 Å². The first-order chi connectivity index (χ1) is 12.6. The summed E-state index contributed by atoms with van der Waals surface area (Å²) in [5, 5.41) is 14.3. The Balaban J connectivity index is 2.07. The molecule has 1 N–H and O–H groups in total. The van der Waals surface area contributed by atoms with Gasteiger partial charge in [0.25, 0.3) is 5.69 Å². The van der Waals surface area contributed by atoms with E-state index in [1.54, 1.807) is 17.0 Å². The Bertz CT molecular complexity index is 688. The fourth-order valence-electron chi connectivity index (χ4n) is 2.87. The van der Waals surface area contributed by atoms with Gasteiger partial charge in [0, 0.05) is 12.6 Å². The van der Waals surface area contributed by atoms with Crippen molar-refractivity contribution in [3.8, 4) is 5.75 Å². The Morgan fingerprint density at radius 1 is 1.41 bits per heavy atom. The Morgan fingerprint density at radius 2 is 2.11 bits per heavy atom. The topological polar surface area (TPSA) is 103 Å². The number of benzene rings is 1. The van der Waals surface area contributed by atoms with E-state index < -0.39 is 16.6 Å². The van der Waals surface area contributed by atoms with Gasteiger partial charge < -0.3 is 24.4 Å². The minimum absolute atomic E-state index is 0.0813. The van der Waals surface area contributed by atoms with E-state index in [2.05, 4.69) is 5.32 Å². The summed E-state index contributed by atoms with van der Waals surface area (Å²) in [5.41, 5.74) is -0.373. The first-order valence-electron chi connectivity index (χ1n) is 8.79. The van der Waals surface area contributed by atoms with Gasteiger partial charge >= 0.3 is 6.09 Å². The average molecular weight is 381 g/mol. The van der Waals surface area contributed by atoms with E-state index >= 15 is 0 Å². The van der Waals surface area contributed by atoms with Gasteiger partial charge in [0.05, 0.1) is 37.3 Å². The molecule has 1 aliphatic rings. The molecule has 9 nitrogen and oxygen atoms in total. The standard InChI is InChI=1S/C18H27N3O6/c1-12-10-20(17(22)27-18(2,3)4)11-13(26-12)9-19-16-14(21(23)24)7-6-8-15(16)25-5/h6-8,12-13,19H,9-11H2,1-5H3/t12-,13+/m0/s1. The third-order valence-electron chi connectivity index (χ3n) is 3.91. The molecule has 1 heterocycles. The molecule has 1 fully saturated rings. The minimum atomic E-state index is -0.579. The molecule has 1 aromatic carbocycles. The SMILES string of the molecule is COc1cccc([N+](=O)[O-])c1NC[C@@H]1CN(C(=O)OC(C)(C)C)C[C@H](C)O1. The number of morpholine rings is 1. The van der Waals surface area contributed by atoms with Crippen LogP contribution in [0.3, 0.4) is 0 Å². The predicted octanol–water partition coefficient (Wildman–Crippen LogP) is 3.04. The summed E-state index contributed by atoms with van der Waals surface area (Å²) in [7, 11) is 1.45. The number of hydrogen-bond donors (Lipinski definition) is 1. The van der Waals surface area contributed by atoms with Crippen LogP contribution in [-0.4, -0.2) is 60.5 Å². The van der Waals surface area contributed by atoms with Crippen LogP contribution in [-0.2, 0) is 9.47 Å². The van der Waals surface area contributed by atoms with Crippen LogP contribution in [0.15, 0.2) is 18.2 Å². The molecule has 0 aliphatic carbocycles. The van der Waals surface area contributed by atoms with Crippen LogP contribution < -0.4 is 10.1 Å². The van der Waals surface area contributed by atoms with Gasteiger partial charge in [-0.1, -0.05) is 6.07 Å². The Hall–Kier alpha value is -2.55. The number of nitrogens with zero attached hydrogens (tertiary/aromatic N) is 2. The second-order valence-electron chi connectivity index (χ2n) is 7.45. The quantitative estimate of drug-likeness (QED) is 0.617. The van der Waals surface area contributed by atoms with Gasteiger partial charge in [0.2, 0.25) is 0 Å². The van der Waals surface area contributed by atoms with Crippen molar-refractivity contribution in [2.45, 2.75) is 45.5 Å². The van der Waals surface area contributed by atoms with Crippen LogP contribution >= 0.6 is 0 Å². The van der Waals surface area contributed by atoms with E-state index in [4.69, 9.17) is 14.2 Å². The Kier molecular flexibility index (Phi) is 6.48. The number of anilines is 1. The van der Waals surface area contributed by atoms with Gasteiger partial charge in [-0.25, -0.2) is 4.79 Å². The Labute approximate surface area is 158 Å². The number of carbonyl (C=O) groups is 1. The molecular formula is C18H27N3O6. The molecule has 1 aromatic rings. The smallest absolute Gasteiger partial charge is 0.410 e. The monoisotopic (exact) mass is 381 g/mol. The van der Waals surface area contributed by atoms with Crippen LogP contribution in [0.5, 0.6) is 5.75 Å². The van der Waals surface area contributed by atoms with Crippen molar-refractivity contribution in [3.63, 3.8) is 0 Å². The van der Waals surface area contributed by atoms with Crippen molar-refractivity contribution in [1.82, 2.24) is 4.90 Å².